The maximum absolute atomic E-state index is 2.42. The predicted molar refractivity (Wildman–Crippen MR) is 190 cm³/mol. The number of thiophene rings is 1. The maximum Gasteiger partial charge on any atom is 0.0546 e. The van der Waals surface area contributed by atoms with Crippen molar-refractivity contribution in [3.8, 4) is 33.4 Å². The van der Waals surface area contributed by atoms with Crippen LogP contribution in [0, 0.1) is 0 Å². The second-order valence-electron chi connectivity index (χ2n) is 11.0. The molecule has 0 aliphatic heterocycles. The number of benzene rings is 7. The molecule has 8 rings (SSSR count). The van der Waals surface area contributed by atoms with Gasteiger partial charge in [0, 0.05) is 37.1 Å². The van der Waals surface area contributed by atoms with Gasteiger partial charge >= 0.3 is 0 Å². The standard InChI is InChI=1S/C42H29NS/c1-4-14-30(15-5-1)32-18-12-19-33(28-32)42-36(31-16-6-2-7-17-31)23-13-24-39(42)43(34-20-8-3-9-21-34)35-26-27-38-37-22-10-11-25-40(37)44-41(38)29-35/h1-29H. The Bertz CT molecular complexity index is 2220. The number of hydrogen-bond acceptors (Lipinski definition) is 2. The lowest BCUT2D eigenvalue weighted by Gasteiger charge is -2.29. The van der Waals surface area contributed by atoms with Crippen molar-refractivity contribution in [2.75, 3.05) is 4.90 Å². The minimum Gasteiger partial charge on any atom is -0.310 e. The Morgan fingerprint density at radius 3 is 1.77 bits per heavy atom. The zero-order valence-corrected chi connectivity index (χ0v) is 24.9. The van der Waals surface area contributed by atoms with E-state index in [9.17, 15) is 0 Å². The summed E-state index contributed by atoms with van der Waals surface area (Å²) < 4.78 is 2.60. The normalized spacial score (nSPS) is 11.2. The molecule has 0 radical (unpaired) electrons. The second-order valence-corrected chi connectivity index (χ2v) is 12.0. The molecule has 0 aliphatic rings. The smallest absolute Gasteiger partial charge is 0.0546 e. The van der Waals surface area contributed by atoms with E-state index in [2.05, 4.69) is 181 Å². The van der Waals surface area contributed by atoms with E-state index in [4.69, 9.17) is 0 Å². The Morgan fingerprint density at radius 1 is 0.364 bits per heavy atom. The lowest BCUT2D eigenvalue weighted by atomic mass is 9.90. The van der Waals surface area contributed by atoms with Crippen LogP contribution in [0.25, 0.3) is 53.6 Å². The molecule has 0 aliphatic carbocycles. The topological polar surface area (TPSA) is 3.24 Å². The maximum atomic E-state index is 2.42. The van der Waals surface area contributed by atoms with Crippen LogP contribution < -0.4 is 4.90 Å². The molecule has 1 nitrogen and oxygen atoms in total. The summed E-state index contributed by atoms with van der Waals surface area (Å²) in [6.45, 7) is 0. The van der Waals surface area contributed by atoms with Crippen molar-refractivity contribution >= 4 is 48.6 Å². The van der Waals surface area contributed by atoms with E-state index in [1.807, 2.05) is 11.3 Å². The van der Waals surface area contributed by atoms with Crippen LogP contribution in [-0.4, -0.2) is 0 Å². The highest BCUT2D eigenvalue weighted by Gasteiger charge is 2.21. The molecule has 0 saturated heterocycles. The van der Waals surface area contributed by atoms with Gasteiger partial charge in [-0.15, -0.1) is 11.3 Å². The largest absolute Gasteiger partial charge is 0.310 e. The summed E-state index contributed by atoms with van der Waals surface area (Å²) >= 11 is 1.86. The molecule has 1 aromatic heterocycles. The molecule has 0 saturated carbocycles. The van der Waals surface area contributed by atoms with Crippen LogP contribution >= 0.6 is 11.3 Å². The molecule has 0 N–H and O–H groups in total. The van der Waals surface area contributed by atoms with Gasteiger partial charge in [0.25, 0.3) is 0 Å². The van der Waals surface area contributed by atoms with Gasteiger partial charge in [-0.1, -0.05) is 133 Å². The zero-order chi connectivity index (χ0) is 29.3. The zero-order valence-electron chi connectivity index (χ0n) is 24.1. The molecule has 0 fully saturated rings. The van der Waals surface area contributed by atoms with E-state index in [1.165, 1.54) is 53.6 Å². The number of rotatable bonds is 6. The molecule has 0 spiro atoms. The fourth-order valence-electron chi connectivity index (χ4n) is 6.23. The van der Waals surface area contributed by atoms with E-state index < -0.39 is 0 Å². The molecule has 7 aromatic carbocycles. The number of anilines is 3. The van der Waals surface area contributed by atoms with Gasteiger partial charge in [-0.25, -0.2) is 0 Å². The number of fused-ring (bicyclic) bond motifs is 3. The van der Waals surface area contributed by atoms with Crippen LogP contribution in [0.15, 0.2) is 176 Å². The predicted octanol–water partition coefficient (Wildman–Crippen LogP) is 12.5. The average molecular weight is 580 g/mol. The van der Waals surface area contributed by atoms with Crippen molar-refractivity contribution in [2.24, 2.45) is 0 Å². The Balaban J connectivity index is 1.40. The first-order valence-corrected chi connectivity index (χ1v) is 15.8. The Kier molecular flexibility index (Phi) is 6.75. The minimum atomic E-state index is 1.12. The van der Waals surface area contributed by atoms with Crippen molar-refractivity contribution in [2.45, 2.75) is 0 Å². The fourth-order valence-corrected chi connectivity index (χ4v) is 7.37. The highest BCUT2D eigenvalue weighted by atomic mass is 32.1. The van der Waals surface area contributed by atoms with Gasteiger partial charge in [0.15, 0.2) is 0 Å². The van der Waals surface area contributed by atoms with Crippen molar-refractivity contribution in [3.63, 3.8) is 0 Å². The van der Waals surface area contributed by atoms with Gasteiger partial charge in [-0.2, -0.15) is 0 Å². The average Bonchev–Trinajstić information content (AvgIpc) is 3.48. The van der Waals surface area contributed by atoms with Crippen LogP contribution in [0.4, 0.5) is 17.1 Å². The quantitative estimate of drug-likeness (QED) is 0.189. The van der Waals surface area contributed by atoms with Crippen LogP contribution in [0.5, 0.6) is 0 Å². The van der Waals surface area contributed by atoms with E-state index in [1.54, 1.807) is 0 Å². The Morgan fingerprint density at radius 2 is 0.977 bits per heavy atom. The first kappa shape index (κ1) is 26.2. The molecule has 44 heavy (non-hydrogen) atoms. The molecular formula is C42H29NS. The fraction of sp³-hybridized carbons (Fsp3) is 0. The molecule has 8 aromatic rings. The van der Waals surface area contributed by atoms with Gasteiger partial charge in [0.05, 0.1) is 5.69 Å². The van der Waals surface area contributed by atoms with E-state index in [-0.39, 0.29) is 0 Å². The number of para-hydroxylation sites is 1. The van der Waals surface area contributed by atoms with E-state index in [0.29, 0.717) is 0 Å². The summed E-state index contributed by atoms with van der Waals surface area (Å²) in [6.07, 6.45) is 0. The van der Waals surface area contributed by atoms with Crippen molar-refractivity contribution in [1.82, 2.24) is 0 Å². The van der Waals surface area contributed by atoms with Crippen LogP contribution in [0.3, 0.4) is 0 Å². The van der Waals surface area contributed by atoms with Gasteiger partial charge < -0.3 is 4.90 Å². The van der Waals surface area contributed by atoms with Crippen molar-refractivity contribution < 1.29 is 0 Å². The monoisotopic (exact) mass is 579 g/mol. The molecule has 0 atom stereocenters. The highest BCUT2D eigenvalue weighted by Crippen LogP contribution is 2.47. The van der Waals surface area contributed by atoms with Crippen LogP contribution in [0.1, 0.15) is 0 Å². The van der Waals surface area contributed by atoms with E-state index >= 15 is 0 Å². The summed E-state index contributed by atoms with van der Waals surface area (Å²) in [4.78, 5) is 2.42. The number of nitrogens with zero attached hydrogens (tertiary/aromatic N) is 1. The molecule has 0 bridgehead atoms. The van der Waals surface area contributed by atoms with Crippen LogP contribution in [-0.2, 0) is 0 Å². The Hall–Kier alpha value is -5.44. The molecule has 0 amide bonds. The SMILES string of the molecule is c1ccc(-c2cccc(-c3c(-c4ccccc4)cccc3N(c3ccccc3)c3ccc4c(c3)sc3ccccc34)c2)cc1. The van der Waals surface area contributed by atoms with Crippen molar-refractivity contribution in [1.29, 1.82) is 0 Å². The third-order valence-electron chi connectivity index (χ3n) is 8.26. The summed E-state index contributed by atoms with van der Waals surface area (Å²) in [5.41, 5.74) is 10.6. The van der Waals surface area contributed by atoms with Gasteiger partial charge in [-0.3, -0.25) is 0 Å². The molecule has 2 heteroatoms. The van der Waals surface area contributed by atoms with Gasteiger partial charge in [-0.05, 0) is 70.3 Å². The summed E-state index contributed by atoms with van der Waals surface area (Å²) in [5, 5.41) is 2.62. The number of hydrogen-bond donors (Lipinski definition) is 0. The Labute approximate surface area is 261 Å². The first-order chi connectivity index (χ1) is 21.8. The van der Waals surface area contributed by atoms with Crippen LogP contribution in [0.2, 0.25) is 0 Å². The lowest BCUT2D eigenvalue weighted by molar-refractivity contribution is 1.29. The summed E-state index contributed by atoms with van der Waals surface area (Å²) in [7, 11) is 0. The molecule has 1 heterocycles. The third kappa shape index (κ3) is 4.76. The summed E-state index contributed by atoms with van der Waals surface area (Å²) in [5.74, 6) is 0. The van der Waals surface area contributed by atoms with Gasteiger partial charge in [0.1, 0.15) is 0 Å². The first-order valence-electron chi connectivity index (χ1n) is 14.9. The molecule has 208 valence electrons. The van der Waals surface area contributed by atoms with E-state index in [0.717, 1.165) is 17.1 Å². The third-order valence-corrected chi connectivity index (χ3v) is 9.40. The lowest BCUT2D eigenvalue weighted by Crippen LogP contribution is -2.11. The van der Waals surface area contributed by atoms with Crippen molar-refractivity contribution in [3.05, 3.63) is 176 Å². The van der Waals surface area contributed by atoms with Gasteiger partial charge in [0.2, 0.25) is 0 Å². The molecular weight excluding hydrogens is 551 g/mol. The highest BCUT2D eigenvalue weighted by molar-refractivity contribution is 7.25. The summed E-state index contributed by atoms with van der Waals surface area (Å²) in [6, 6.07) is 63.4. The molecule has 0 unspecified atom stereocenters. The second kappa shape index (κ2) is 11.3. The minimum absolute atomic E-state index is 1.12.